The fourth-order valence-electron chi connectivity index (χ4n) is 3.63. The third-order valence-corrected chi connectivity index (χ3v) is 4.44. The molecule has 0 N–H and O–H groups in total. The van der Waals surface area contributed by atoms with Gasteiger partial charge in [-0.3, -0.25) is 4.79 Å². The van der Waals surface area contributed by atoms with E-state index in [2.05, 4.69) is 13.5 Å². The van der Waals surface area contributed by atoms with E-state index in [4.69, 9.17) is 0 Å². The SMILES string of the molecule is C=C(C)CC1CC(=O)CCC12CCCC2. The topological polar surface area (TPSA) is 17.1 Å². The Kier molecular flexibility index (Phi) is 2.99. The van der Waals surface area contributed by atoms with Gasteiger partial charge in [-0.05, 0) is 43.9 Å². The van der Waals surface area contributed by atoms with Gasteiger partial charge in [0.1, 0.15) is 5.78 Å². The molecule has 0 aliphatic heterocycles. The molecule has 2 aliphatic carbocycles. The number of hydrogen-bond acceptors (Lipinski definition) is 1. The van der Waals surface area contributed by atoms with Gasteiger partial charge in [-0.25, -0.2) is 0 Å². The Hall–Kier alpha value is -0.590. The van der Waals surface area contributed by atoms with E-state index in [1.165, 1.54) is 31.3 Å². The van der Waals surface area contributed by atoms with Crippen LogP contribution >= 0.6 is 0 Å². The highest BCUT2D eigenvalue weighted by Gasteiger charge is 2.44. The van der Waals surface area contributed by atoms with Gasteiger partial charge in [0.25, 0.3) is 0 Å². The van der Waals surface area contributed by atoms with Crippen molar-refractivity contribution in [3.63, 3.8) is 0 Å². The molecule has 0 heterocycles. The van der Waals surface area contributed by atoms with Gasteiger partial charge < -0.3 is 0 Å². The Labute approximate surface area is 92.9 Å². The zero-order valence-corrected chi connectivity index (χ0v) is 9.85. The summed E-state index contributed by atoms with van der Waals surface area (Å²) in [6, 6.07) is 0. The molecule has 1 heteroatoms. The monoisotopic (exact) mass is 206 g/mol. The van der Waals surface area contributed by atoms with Crippen molar-refractivity contribution < 1.29 is 4.79 Å². The van der Waals surface area contributed by atoms with Gasteiger partial charge in [0.05, 0.1) is 0 Å². The number of allylic oxidation sites excluding steroid dienone is 1. The first-order valence-electron chi connectivity index (χ1n) is 6.28. The summed E-state index contributed by atoms with van der Waals surface area (Å²) < 4.78 is 0. The van der Waals surface area contributed by atoms with Crippen LogP contribution in [-0.2, 0) is 4.79 Å². The minimum Gasteiger partial charge on any atom is -0.300 e. The van der Waals surface area contributed by atoms with E-state index >= 15 is 0 Å². The molecular weight excluding hydrogens is 184 g/mol. The van der Waals surface area contributed by atoms with Crippen LogP contribution in [0.4, 0.5) is 0 Å². The molecule has 2 fully saturated rings. The Bertz CT molecular complexity index is 269. The van der Waals surface area contributed by atoms with Crippen LogP contribution in [-0.4, -0.2) is 5.78 Å². The Morgan fingerprint density at radius 2 is 2.07 bits per heavy atom. The predicted octanol–water partition coefficient (Wildman–Crippen LogP) is 3.88. The van der Waals surface area contributed by atoms with Crippen LogP contribution in [0.3, 0.4) is 0 Å². The summed E-state index contributed by atoms with van der Waals surface area (Å²) in [4.78, 5) is 11.6. The first-order valence-corrected chi connectivity index (χ1v) is 6.28. The first-order chi connectivity index (χ1) is 7.12. The molecule has 1 spiro atoms. The Morgan fingerprint density at radius 3 is 2.67 bits per heavy atom. The second kappa shape index (κ2) is 4.11. The lowest BCUT2D eigenvalue weighted by Gasteiger charge is -2.41. The van der Waals surface area contributed by atoms with E-state index in [9.17, 15) is 4.79 Å². The Morgan fingerprint density at radius 1 is 1.40 bits per heavy atom. The summed E-state index contributed by atoms with van der Waals surface area (Å²) in [6.07, 6.45) is 9.37. The van der Waals surface area contributed by atoms with Gasteiger partial charge in [0, 0.05) is 12.8 Å². The molecule has 0 amide bonds. The van der Waals surface area contributed by atoms with Crippen LogP contribution in [0.15, 0.2) is 12.2 Å². The second-order valence-electron chi connectivity index (χ2n) is 5.67. The molecule has 1 atom stereocenters. The van der Waals surface area contributed by atoms with Crippen LogP contribution in [0.25, 0.3) is 0 Å². The molecule has 1 nitrogen and oxygen atoms in total. The molecule has 0 radical (unpaired) electrons. The summed E-state index contributed by atoms with van der Waals surface area (Å²) in [6.45, 7) is 6.12. The Balaban J connectivity index is 2.12. The summed E-state index contributed by atoms with van der Waals surface area (Å²) in [5, 5.41) is 0. The van der Waals surface area contributed by atoms with Gasteiger partial charge in [0.15, 0.2) is 0 Å². The second-order valence-corrected chi connectivity index (χ2v) is 5.67. The van der Waals surface area contributed by atoms with Crippen molar-refractivity contribution in [2.45, 2.75) is 58.3 Å². The third-order valence-electron chi connectivity index (χ3n) is 4.44. The molecule has 0 saturated heterocycles. The van der Waals surface area contributed by atoms with Gasteiger partial charge in [-0.15, -0.1) is 6.58 Å². The number of rotatable bonds is 2. The summed E-state index contributed by atoms with van der Waals surface area (Å²) >= 11 is 0. The maximum atomic E-state index is 11.6. The molecule has 0 aromatic carbocycles. The molecule has 0 aromatic heterocycles. The molecular formula is C14H22O. The lowest BCUT2D eigenvalue weighted by atomic mass is 9.63. The highest BCUT2D eigenvalue weighted by molar-refractivity contribution is 5.79. The van der Waals surface area contributed by atoms with Gasteiger partial charge >= 0.3 is 0 Å². The first kappa shape index (κ1) is 10.9. The maximum Gasteiger partial charge on any atom is 0.133 e. The van der Waals surface area contributed by atoms with E-state index in [1.807, 2.05) is 0 Å². The summed E-state index contributed by atoms with van der Waals surface area (Å²) in [7, 11) is 0. The number of ketones is 1. The standard InChI is InChI=1S/C14H22O/c1-11(2)9-12-10-13(15)5-8-14(12)6-3-4-7-14/h12H,1,3-10H2,2H3. The van der Waals surface area contributed by atoms with Crippen molar-refractivity contribution >= 4 is 5.78 Å². The van der Waals surface area contributed by atoms with Crippen LogP contribution < -0.4 is 0 Å². The quantitative estimate of drug-likeness (QED) is 0.627. The average molecular weight is 206 g/mol. The summed E-state index contributed by atoms with van der Waals surface area (Å²) in [5.41, 5.74) is 1.77. The molecule has 84 valence electrons. The number of Topliss-reactive ketones (excluding diaryl/α,β-unsaturated/α-hetero) is 1. The highest BCUT2D eigenvalue weighted by Crippen LogP contribution is 2.53. The number of carbonyl (C=O) groups excluding carboxylic acids is 1. The van der Waals surface area contributed by atoms with Crippen LogP contribution in [0.5, 0.6) is 0 Å². The number of carbonyl (C=O) groups is 1. The minimum absolute atomic E-state index is 0.485. The van der Waals surface area contributed by atoms with Gasteiger partial charge in [0.2, 0.25) is 0 Å². The maximum absolute atomic E-state index is 11.6. The van der Waals surface area contributed by atoms with Gasteiger partial charge in [-0.2, -0.15) is 0 Å². The van der Waals surface area contributed by atoms with Gasteiger partial charge in [-0.1, -0.05) is 18.4 Å². The van der Waals surface area contributed by atoms with Crippen molar-refractivity contribution in [3.05, 3.63) is 12.2 Å². The van der Waals surface area contributed by atoms with E-state index in [-0.39, 0.29) is 0 Å². The van der Waals surface area contributed by atoms with Crippen molar-refractivity contribution in [3.8, 4) is 0 Å². The molecule has 2 rings (SSSR count). The highest BCUT2D eigenvalue weighted by atomic mass is 16.1. The van der Waals surface area contributed by atoms with Crippen LogP contribution in [0.2, 0.25) is 0 Å². The van der Waals surface area contributed by atoms with E-state index in [0.717, 1.165) is 25.7 Å². The minimum atomic E-state index is 0.485. The lowest BCUT2D eigenvalue weighted by molar-refractivity contribution is -0.125. The lowest BCUT2D eigenvalue weighted by Crippen LogP contribution is -2.34. The molecule has 0 bridgehead atoms. The summed E-state index contributed by atoms with van der Waals surface area (Å²) in [5.74, 6) is 1.09. The van der Waals surface area contributed by atoms with E-state index in [0.29, 0.717) is 17.1 Å². The normalized spacial score (nSPS) is 29.7. The fourth-order valence-corrected chi connectivity index (χ4v) is 3.63. The molecule has 2 saturated carbocycles. The predicted molar refractivity (Wildman–Crippen MR) is 62.7 cm³/mol. The molecule has 0 aromatic rings. The zero-order chi connectivity index (χ0) is 10.9. The van der Waals surface area contributed by atoms with Crippen LogP contribution in [0, 0.1) is 11.3 Å². The van der Waals surface area contributed by atoms with Crippen molar-refractivity contribution in [1.82, 2.24) is 0 Å². The number of hydrogen-bond donors (Lipinski definition) is 0. The van der Waals surface area contributed by atoms with Crippen molar-refractivity contribution in [2.75, 3.05) is 0 Å². The van der Waals surface area contributed by atoms with Crippen molar-refractivity contribution in [2.24, 2.45) is 11.3 Å². The average Bonchev–Trinajstić information content (AvgIpc) is 2.61. The fraction of sp³-hybridized carbons (Fsp3) is 0.786. The zero-order valence-electron chi connectivity index (χ0n) is 9.85. The molecule has 15 heavy (non-hydrogen) atoms. The smallest absolute Gasteiger partial charge is 0.133 e. The van der Waals surface area contributed by atoms with Crippen LogP contribution in [0.1, 0.15) is 58.3 Å². The third kappa shape index (κ3) is 2.16. The van der Waals surface area contributed by atoms with E-state index < -0.39 is 0 Å². The molecule has 2 aliphatic rings. The van der Waals surface area contributed by atoms with E-state index in [1.54, 1.807) is 0 Å². The van der Waals surface area contributed by atoms with Crippen molar-refractivity contribution in [1.29, 1.82) is 0 Å². The molecule has 1 unspecified atom stereocenters. The largest absolute Gasteiger partial charge is 0.300 e.